The number of para-hydroxylation sites is 1. The standard InChI is InChI=1S/C23H21ClN2O3.C3H6/c1-3-16(2)22(27)25-15-18-13-17-9-10-19(24)14-21(17)26(23(18)28)11-12-29-20-7-5-4-6-8-20;1-3-2/h3-10,13-14H,1-2,11-12,15H2,(H,25,27);3H,1H2,2H3. The topological polar surface area (TPSA) is 60.3 Å². The number of aromatic nitrogens is 1. The van der Waals surface area contributed by atoms with E-state index in [1.807, 2.05) is 43.3 Å². The minimum absolute atomic E-state index is 0.0859. The molecule has 1 aromatic heterocycles. The molecule has 0 aliphatic carbocycles. The van der Waals surface area contributed by atoms with Gasteiger partial charge in [0, 0.05) is 22.7 Å². The molecule has 166 valence electrons. The SMILES string of the molecule is C=CC.C=CC(=C)C(=O)NCc1cc2ccc(Cl)cc2n(CCOc2ccccc2)c1=O. The van der Waals surface area contributed by atoms with Crippen molar-refractivity contribution in [2.75, 3.05) is 6.61 Å². The van der Waals surface area contributed by atoms with Crippen LogP contribution in [0.25, 0.3) is 10.9 Å². The molecule has 0 saturated carbocycles. The van der Waals surface area contributed by atoms with Crippen LogP contribution < -0.4 is 15.6 Å². The van der Waals surface area contributed by atoms with Crippen molar-refractivity contribution >= 4 is 28.4 Å². The molecule has 0 aliphatic rings. The molecule has 1 heterocycles. The maximum atomic E-state index is 13.1. The van der Waals surface area contributed by atoms with Crippen molar-refractivity contribution in [2.24, 2.45) is 0 Å². The zero-order chi connectivity index (χ0) is 23.5. The van der Waals surface area contributed by atoms with E-state index in [1.165, 1.54) is 6.08 Å². The maximum absolute atomic E-state index is 13.1. The van der Waals surface area contributed by atoms with Gasteiger partial charge in [0.15, 0.2) is 0 Å². The Morgan fingerprint density at radius 1 is 1.16 bits per heavy atom. The smallest absolute Gasteiger partial charge is 0.256 e. The number of ether oxygens (including phenoxy) is 1. The summed E-state index contributed by atoms with van der Waals surface area (Å²) in [6.45, 7) is 13.1. The van der Waals surface area contributed by atoms with E-state index in [2.05, 4.69) is 25.1 Å². The summed E-state index contributed by atoms with van der Waals surface area (Å²) < 4.78 is 7.36. The quantitative estimate of drug-likeness (QED) is 0.288. The minimum atomic E-state index is -0.366. The molecular weight excluding hydrogens is 424 g/mol. The van der Waals surface area contributed by atoms with Crippen LogP contribution in [-0.4, -0.2) is 17.1 Å². The molecule has 1 amide bonds. The molecule has 0 unspecified atom stereocenters. The van der Waals surface area contributed by atoms with E-state index < -0.39 is 0 Å². The molecule has 2 aromatic carbocycles. The first-order chi connectivity index (χ1) is 15.4. The number of hydrogen-bond acceptors (Lipinski definition) is 3. The molecule has 0 spiro atoms. The molecular formula is C26H27ClN2O3. The highest BCUT2D eigenvalue weighted by atomic mass is 35.5. The third-order valence-corrected chi connectivity index (χ3v) is 4.67. The Morgan fingerprint density at radius 2 is 1.84 bits per heavy atom. The van der Waals surface area contributed by atoms with Gasteiger partial charge in [-0.3, -0.25) is 9.59 Å². The van der Waals surface area contributed by atoms with Crippen molar-refractivity contribution in [3.63, 3.8) is 0 Å². The fourth-order valence-electron chi connectivity index (χ4n) is 2.91. The van der Waals surface area contributed by atoms with Gasteiger partial charge in [0.2, 0.25) is 0 Å². The molecule has 6 heteroatoms. The molecule has 1 N–H and O–H groups in total. The van der Waals surface area contributed by atoms with Crippen molar-refractivity contribution in [3.05, 3.63) is 113 Å². The summed E-state index contributed by atoms with van der Waals surface area (Å²) in [5, 5.41) is 4.08. The first-order valence-electron chi connectivity index (χ1n) is 10.1. The van der Waals surface area contributed by atoms with Gasteiger partial charge in [-0.2, -0.15) is 0 Å². The van der Waals surface area contributed by atoms with E-state index in [1.54, 1.807) is 28.8 Å². The summed E-state index contributed by atoms with van der Waals surface area (Å²) in [5.41, 5.74) is 1.21. The number of carbonyl (C=O) groups is 1. The van der Waals surface area contributed by atoms with Crippen LogP contribution in [0.5, 0.6) is 5.75 Å². The molecule has 0 atom stereocenters. The van der Waals surface area contributed by atoms with Gasteiger partial charge in [-0.1, -0.05) is 61.2 Å². The molecule has 0 saturated heterocycles. The van der Waals surface area contributed by atoms with Crippen molar-refractivity contribution in [1.82, 2.24) is 9.88 Å². The fraction of sp³-hybridized carbons (Fsp3) is 0.154. The van der Waals surface area contributed by atoms with Gasteiger partial charge in [0.25, 0.3) is 11.5 Å². The second-order valence-corrected chi connectivity index (χ2v) is 7.25. The van der Waals surface area contributed by atoms with E-state index in [9.17, 15) is 9.59 Å². The highest BCUT2D eigenvalue weighted by molar-refractivity contribution is 6.31. The lowest BCUT2D eigenvalue weighted by Crippen LogP contribution is -2.31. The normalized spacial score (nSPS) is 9.94. The Morgan fingerprint density at radius 3 is 2.50 bits per heavy atom. The van der Waals surface area contributed by atoms with Crippen LogP contribution in [0.3, 0.4) is 0 Å². The number of hydrogen-bond donors (Lipinski definition) is 1. The first-order valence-corrected chi connectivity index (χ1v) is 10.5. The minimum Gasteiger partial charge on any atom is -0.492 e. The Hall–Kier alpha value is -3.57. The summed E-state index contributed by atoms with van der Waals surface area (Å²) in [6.07, 6.45) is 3.12. The number of nitrogens with one attached hydrogen (secondary N) is 1. The number of fused-ring (bicyclic) bond motifs is 1. The monoisotopic (exact) mass is 450 g/mol. The summed E-state index contributed by atoms with van der Waals surface area (Å²) >= 11 is 6.14. The molecule has 5 nitrogen and oxygen atoms in total. The van der Waals surface area contributed by atoms with Gasteiger partial charge in [-0.05, 0) is 42.6 Å². The third-order valence-electron chi connectivity index (χ3n) is 4.44. The van der Waals surface area contributed by atoms with Gasteiger partial charge in [-0.15, -0.1) is 6.58 Å². The van der Waals surface area contributed by atoms with Gasteiger partial charge in [-0.25, -0.2) is 0 Å². The molecule has 32 heavy (non-hydrogen) atoms. The zero-order valence-electron chi connectivity index (χ0n) is 18.1. The highest BCUT2D eigenvalue weighted by Gasteiger charge is 2.12. The fourth-order valence-corrected chi connectivity index (χ4v) is 3.07. The Balaban J connectivity index is 0.00000114. The van der Waals surface area contributed by atoms with E-state index in [-0.39, 0.29) is 23.6 Å². The molecule has 3 aromatic rings. The van der Waals surface area contributed by atoms with Gasteiger partial charge >= 0.3 is 0 Å². The number of benzene rings is 2. The first kappa shape index (κ1) is 24.7. The van der Waals surface area contributed by atoms with Crippen LogP contribution in [0.1, 0.15) is 12.5 Å². The Labute approximate surface area is 193 Å². The lowest BCUT2D eigenvalue weighted by Gasteiger charge is -2.14. The number of nitrogens with zero attached hydrogens (tertiary/aromatic N) is 1. The Kier molecular flexibility index (Phi) is 9.51. The van der Waals surface area contributed by atoms with Crippen molar-refractivity contribution in [2.45, 2.75) is 20.0 Å². The number of rotatable bonds is 8. The van der Waals surface area contributed by atoms with Crippen LogP contribution in [0.15, 0.2) is 96.9 Å². The predicted molar refractivity (Wildman–Crippen MR) is 132 cm³/mol. The molecule has 0 radical (unpaired) electrons. The summed E-state index contributed by atoms with van der Waals surface area (Å²) in [6, 6.07) is 16.5. The summed E-state index contributed by atoms with van der Waals surface area (Å²) in [4.78, 5) is 25.0. The number of allylic oxidation sites excluding steroid dienone is 1. The highest BCUT2D eigenvalue weighted by Crippen LogP contribution is 2.19. The van der Waals surface area contributed by atoms with E-state index >= 15 is 0 Å². The van der Waals surface area contributed by atoms with Crippen molar-refractivity contribution in [3.8, 4) is 5.75 Å². The van der Waals surface area contributed by atoms with Crippen LogP contribution >= 0.6 is 11.6 Å². The van der Waals surface area contributed by atoms with Crippen LogP contribution in [0, 0.1) is 0 Å². The summed E-state index contributed by atoms with van der Waals surface area (Å²) in [7, 11) is 0. The zero-order valence-corrected chi connectivity index (χ0v) is 18.9. The second kappa shape index (κ2) is 12.3. The predicted octanol–water partition coefficient (Wildman–Crippen LogP) is 5.28. The van der Waals surface area contributed by atoms with Crippen LogP contribution in [-0.2, 0) is 17.9 Å². The van der Waals surface area contributed by atoms with E-state index in [4.69, 9.17) is 16.3 Å². The molecule has 0 bridgehead atoms. The average molecular weight is 451 g/mol. The van der Waals surface area contributed by atoms with E-state index in [0.717, 1.165) is 11.1 Å². The number of pyridine rings is 1. The second-order valence-electron chi connectivity index (χ2n) is 6.81. The van der Waals surface area contributed by atoms with Crippen LogP contribution in [0.4, 0.5) is 0 Å². The lowest BCUT2D eigenvalue weighted by molar-refractivity contribution is -0.117. The number of carbonyl (C=O) groups excluding carboxylic acids is 1. The average Bonchev–Trinajstić information content (AvgIpc) is 2.80. The van der Waals surface area contributed by atoms with Crippen molar-refractivity contribution < 1.29 is 9.53 Å². The maximum Gasteiger partial charge on any atom is 0.256 e. The Bertz CT molecular complexity index is 1170. The van der Waals surface area contributed by atoms with Gasteiger partial charge < -0.3 is 14.6 Å². The van der Waals surface area contributed by atoms with Gasteiger partial charge in [0.05, 0.1) is 12.1 Å². The van der Waals surface area contributed by atoms with E-state index in [0.29, 0.717) is 29.3 Å². The molecule has 3 rings (SSSR count). The largest absolute Gasteiger partial charge is 0.492 e. The van der Waals surface area contributed by atoms with Gasteiger partial charge in [0.1, 0.15) is 12.4 Å². The summed E-state index contributed by atoms with van der Waals surface area (Å²) in [5.74, 6) is 0.365. The molecule has 0 aliphatic heterocycles. The lowest BCUT2D eigenvalue weighted by atomic mass is 10.1. The third kappa shape index (κ3) is 6.72. The van der Waals surface area contributed by atoms with Crippen molar-refractivity contribution in [1.29, 1.82) is 0 Å². The van der Waals surface area contributed by atoms with Crippen LogP contribution in [0.2, 0.25) is 5.02 Å². The number of halogens is 1. The number of amides is 1. The molecule has 0 fully saturated rings.